The van der Waals surface area contributed by atoms with Crippen LogP contribution in [-0.4, -0.2) is 23.2 Å². The molecular weight excluding hydrogens is 383 g/mol. The Morgan fingerprint density at radius 1 is 1.22 bits per heavy atom. The second kappa shape index (κ2) is 7.23. The van der Waals surface area contributed by atoms with Crippen molar-refractivity contribution >= 4 is 28.7 Å². The summed E-state index contributed by atoms with van der Waals surface area (Å²) in [6.07, 6.45) is -1.73. The lowest BCUT2D eigenvalue weighted by molar-refractivity contribution is -0.141. The van der Waals surface area contributed by atoms with E-state index in [4.69, 9.17) is 11.6 Å². The third kappa shape index (κ3) is 3.78. The number of hydrogen-bond donors (Lipinski definition) is 1. The van der Waals surface area contributed by atoms with Crippen LogP contribution in [-0.2, 0) is 10.9 Å². The topological polar surface area (TPSA) is 59.4 Å². The molecule has 0 radical (unpaired) electrons. The Balaban J connectivity index is 2.17. The molecule has 0 aliphatic heterocycles. The van der Waals surface area contributed by atoms with Crippen molar-refractivity contribution in [3.8, 4) is 5.75 Å². The average Bonchev–Trinajstić information content (AvgIpc) is 3.11. The number of aromatic hydroxyl groups is 1. The molecule has 2 aromatic rings. The van der Waals surface area contributed by atoms with Crippen LogP contribution in [0.4, 0.5) is 13.2 Å². The van der Waals surface area contributed by atoms with Crippen LogP contribution in [0.5, 0.6) is 5.75 Å². The Morgan fingerprint density at radius 3 is 2.59 bits per heavy atom. The second-order valence-electron chi connectivity index (χ2n) is 6.08. The molecule has 0 amide bonds. The fourth-order valence-corrected chi connectivity index (χ4v) is 3.40. The van der Waals surface area contributed by atoms with Crippen LogP contribution in [0.3, 0.4) is 0 Å². The SMILES string of the molecule is COC(=O)c1cc(C2=C(c3cc(Cl)ccc3O)CCC2)cnc1C(F)(F)F. The monoisotopic (exact) mass is 397 g/mol. The van der Waals surface area contributed by atoms with Crippen molar-refractivity contribution in [2.45, 2.75) is 25.4 Å². The van der Waals surface area contributed by atoms with E-state index in [0.717, 1.165) is 36.9 Å². The minimum atomic E-state index is -4.78. The number of methoxy groups -OCH3 is 1. The summed E-state index contributed by atoms with van der Waals surface area (Å²) < 4.78 is 44.0. The number of benzene rings is 1. The third-order valence-electron chi connectivity index (χ3n) is 4.41. The maximum Gasteiger partial charge on any atom is 0.434 e. The van der Waals surface area contributed by atoms with Crippen molar-refractivity contribution < 1.29 is 27.8 Å². The van der Waals surface area contributed by atoms with Gasteiger partial charge in [0.05, 0.1) is 12.7 Å². The summed E-state index contributed by atoms with van der Waals surface area (Å²) in [7, 11) is 1.01. The van der Waals surface area contributed by atoms with E-state index >= 15 is 0 Å². The van der Waals surface area contributed by atoms with Gasteiger partial charge < -0.3 is 9.84 Å². The molecule has 3 rings (SSSR count). The first-order chi connectivity index (χ1) is 12.7. The van der Waals surface area contributed by atoms with E-state index in [1.165, 1.54) is 6.07 Å². The number of aromatic nitrogens is 1. The van der Waals surface area contributed by atoms with Crippen LogP contribution in [0.2, 0.25) is 5.02 Å². The largest absolute Gasteiger partial charge is 0.507 e. The van der Waals surface area contributed by atoms with E-state index in [0.29, 0.717) is 29.0 Å². The molecule has 0 fully saturated rings. The Labute approximate surface area is 158 Å². The van der Waals surface area contributed by atoms with E-state index in [1.807, 2.05) is 0 Å². The summed E-state index contributed by atoms with van der Waals surface area (Å²) in [6, 6.07) is 5.76. The number of alkyl halides is 3. The Bertz CT molecular complexity index is 938. The molecule has 8 heteroatoms. The van der Waals surface area contributed by atoms with E-state index < -0.39 is 23.4 Å². The lowest BCUT2D eigenvalue weighted by Gasteiger charge is -2.14. The van der Waals surface area contributed by atoms with Gasteiger partial charge in [0.15, 0.2) is 5.69 Å². The average molecular weight is 398 g/mol. The molecule has 1 aromatic carbocycles. The number of ether oxygens (including phenoxy) is 1. The van der Waals surface area contributed by atoms with E-state index in [-0.39, 0.29) is 5.75 Å². The summed E-state index contributed by atoms with van der Waals surface area (Å²) >= 11 is 6.01. The normalized spacial score (nSPS) is 14.6. The van der Waals surface area contributed by atoms with Gasteiger partial charge in [-0.05, 0) is 60.2 Å². The highest BCUT2D eigenvalue weighted by molar-refractivity contribution is 6.30. The third-order valence-corrected chi connectivity index (χ3v) is 4.65. The number of carbonyl (C=O) groups is 1. The Hall–Kier alpha value is -2.54. The van der Waals surface area contributed by atoms with Gasteiger partial charge in [-0.15, -0.1) is 0 Å². The molecule has 1 aliphatic rings. The standard InChI is InChI=1S/C19H15ClF3NO3/c1-27-18(26)15-7-10(9-24-17(15)19(21,22)23)12-3-2-4-13(12)14-8-11(20)5-6-16(14)25/h5-9,25H,2-4H2,1H3. The van der Waals surface area contributed by atoms with Gasteiger partial charge in [0, 0.05) is 16.8 Å². The first-order valence-electron chi connectivity index (χ1n) is 8.09. The van der Waals surface area contributed by atoms with Crippen LogP contribution < -0.4 is 0 Å². The molecule has 0 bridgehead atoms. The highest BCUT2D eigenvalue weighted by Gasteiger charge is 2.38. The minimum absolute atomic E-state index is 0.0295. The number of nitrogens with zero attached hydrogens (tertiary/aromatic N) is 1. The number of pyridine rings is 1. The molecule has 1 aromatic heterocycles. The van der Waals surface area contributed by atoms with Gasteiger partial charge in [-0.2, -0.15) is 13.2 Å². The molecule has 0 saturated carbocycles. The first kappa shape index (κ1) is 19.2. The summed E-state index contributed by atoms with van der Waals surface area (Å²) in [5.41, 5.74) is 0.469. The summed E-state index contributed by atoms with van der Waals surface area (Å²) in [6.45, 7) is 0. The molecular formula is C19H15ClF3NO3. The zero-order chi connectivity index (χ0) is 19.8. The quantitative estimate of drug-likeness (QED) is 0.710. The highest BCUT2D eigenvalue weighted by Crippen LogP contribution is 2.43. The summed E-state index contributed by atoms with van der Waals surface area (Å²) in [4.78, 5) is 15.3. The number of halogens is 4. The number of allylic oxidation sites excluding steroid dienone is 2. The maximum atomic E-state index is 13.2. The summed E-state index contributed by atoms with van der Waals surface area (Å²) in [5, 5.41) is 10.6. The number of esters is 1. The smallest absolute Gasteiger partial charge is 0.434 e. The van der Waals surface area contributed by atoms with Gasteiger partial charge in [-0.25, -0.2) is 4.79 Å². The molecule has 1 heterocycles. The maximum absolute atomic E-state index is 13.2. The Kier molecular flexibility index (Phi) is 5.15. The molecule has 0 atom stereocenters. The minimum Gasteiger partial charge on any atom is -0.507 e. The molecule has 142 valence electrons. The lowest BCUT2D eigenvalue weighted by atomic mass is 9.96. The predicted molar refractivity (Wildman–Crippen MR) is 94.4 cm³/mol. The van der Waals surface area contributed by atoms with Crippen LogP contribution in [0.15, 0.2) is 30.5 Å². The molecule has 0 saturated heterocycles. The van der Waals surface area contributed by atoms with E-state index in [1.54, 1.807) is 12.1 Å². The second-order valence-corrected chi connectivity index (χ2v) is 6.52. The van der Waals surface area contributed by atoms with Gasteiger partial charge in [-0.3, -0.25) is 4.98 Å². The van der Waals surface area contributed by atoms with Gasteiger partial charge >= 0.3 is 12.1 Å². The van der Waals surface area contributed by atoms with E-state index in [2.05, 4.69) is 9.72 Å². The Morgan fingerprint density at radius 2 is 1.93 bits per heavy atom. The van der Waals surface area contributed by atoms with Gasteiger partial charge in [0.1, 0.15) is 5.75 Å². The van der Waals surface area contributed by atoms with Crippen LogP contribution in [0, 0.1) is 0 Å². The number of hydrogen-bond acceptors (Lipinski definition) is 4. The van der Waals surface area contributed by atoms with E-state index in [9.17, 15) is 23.1 Å². The zero-order valence-electron chi connectivity index (χ0n) is 14.2. The van der Waals surface area contributed by atoms with Crippen molar-refractivity contribution in [1.82, 2.24) is 4.98 Å². The van der Waals surface area contributed by atoms with Gasteiger partial charge in [0.2, 0.25) is 0 Å². The summed E-state index contributed by atoms with van der Waals surface area (Å²) in [5.74, 6) is -1.08. The highest BCUT2D eigenvalue weighted by atomic mass is 35.5. The van der Waals surface area contributed by atoms with Gasteiger partial charge in [-0.1, -0.05) is 11.6 Å². The predicted octanol–water partition coefficient (Wildman–Crippen LogP) is 5.34. The molecule has 1 N–H and O–H groups in total. The fraction of sp³-hybridized carbons (Fsp3) is 0.263. The van der Waals surface area contributed by atoms with Crippen LogP contribution in [0.1, 0.15) is 46.4 Å². The molecule has 1 aliphatic carbocycles. The molecule has 0 unspecified atom stereocenters. The van der Waals surface area contributed by atoms with Crippen molar-refractivity contribution in [3.63, 3.8) is 0 Å². The zero-order valence-corrected chi connectivity index (χ0v) is 15.0. The number of phenolic OH excluding ortho intramolecular Hbond substituents is 1. The number of rotatable bonds is 3. The lowest BCUT2D eigenvalue weighted by Crippen LogP contribution is -2.17. The molecule has 0 spiro atoms. The number of carbonyl (C=O) groups excluding carboxylic acids is 1. The van der Waals surface area contributed by atoms with Crippen molar-refractivity contribution in [1.29, 1.82) is 0 Å². The number of phenols is 1. The van der Waals surface area contributed by atoms with Gasteiger partial charge in [0.25, 0.3) is 0 Å². The van der Waals surface area contributed by atoms with Crippen molar-refractivity contribution in [3.05, 3.63) is 57.9 Å². The van der Waals surface area contributed by atoms with Crippen molar-refractivity contribution in [2.24, 2.45) is 0 Å². The van der Waals surface area contributed by atoms with Crippen molar-refractivity contribution in [2.75, 3.05) is 7.11 Å². The first-order valence-corrected chi connectivity index (χ1v) is 8.47. The van der Waals surface area contributed by atoms with Crippen LogP contribution >= 0.6 is 11.6 Å². The fourth-order valence-electron chi connectivity index (χ4n) is 3.23. The van der Waals surface area contributed by atoms with Crippen LogP contribution in [0.25, 0.3) is 11.1 Å². The molecule has 27 heavy (non-hydrogen) atoms. The molecule has 4 nitrogen and oxygen atoms in total.